The first-order chi connectivity index (χ1) is 9.22. The Labute approximate surface area is 112 Å². The molecule has 0 spiro atoms. The van der Waals surface area contributed by atoms with Gasteiger partial charge in [0.1, 0.15) is 5.54 Å². The van der Waals surface area contributed by atoms with Crippen molar-refractivity contribution in [3.05, 3.63) is 48.8 Å². The monoisotopic (exact) mass is 255 g/mol. The Hall–Kier alpha value is -2.03. The van der Waals surface area contributed by atoms with E-state index in [1.165, 1.54) is 0 Å². The minimum absolute atomic E-state index is 0.708. The van der Waals surface area contributed by atoms with Gasteiger partial charge in [-0.1, -0.05) is 43.2 Å². The molecule has 3 heteroatoms. The summed E-state index contributed by atoms with van der Waals surface area (Å²) in [4.78, 5) is 11.6. The maximum atomic E-state index is 11.6. The Morgan fingerprint density at radius 3 is 2.37 bits per heavy atom. The zero-order valence-corrected chi connectivity index (χ0v) is 10.7. The molecular weight excluding hydrogens is 238 g/mol. The average molecular weight is 255 g/mol. The summed E-state index contributed by atoms with van der Waals surface area (Å²) in [7, 11) is 0. The zero-order chi connectivity index (χ0) is 13.3. The Balaban J connectivity index is 1.99. The van der Waals surface area contributed by atoms with E-state index in [1.54, 1.807) is 0 Å². The minimum Gasteiger partial charge on any atom is -0.479 e. The largest absolute Gasteiger partial charge is 0.479 e. The molecule has 0 radical (unpaired) electrons. The quantitative estimate of drug-likeness (QED) is 0.912. The molecular formula is C16H17NO2. The molecule has 1 saturated carbocycles. The summed E-state index contributed by atoms with van der Waals surface area (Å²) in [6.07, 6.45) is 7.31. The van der Waals surface area contributed by atoms with Crippen molar-refractivity contribution in [3.63, 3.8) is 0 Å². The lowest BCUT2D eigenvalue weighted by molar-refractivity contribution is -0.147. The van der Waals surface area contributed by atoms with E-state index in [0.29, 0.717) is 0 Å². The Kier molecular flexibility index (Phi) is 2.90. The van der Waals surface area contributed by atoms with Crippen LogP contribution in [0.5, 0.6) is 0 Å². The van der Waals surface area contributed by atoms with Crippen LogP contribution in [0.15, 0.2) is 48.8 Å². The molecule has 1 aromatic carbocycles. The third-order valence-corrected chi connectivity index (χ3v) is 4.12. The van der Waals surface area contributed by atoms with Crippen molar-refractivity contribution in [1.82, 2.24) is 4.57 Å². The van der Waals surface area contributed by atoms with Crippen LogP contribution in [0.4, 0.5) is 0 Å². The molecule has 98 valence electrons. The summed E-state index contributed by atoms with van der Waals surface area (Å²) in [6, 6.07) is 12.1. The van der Waals surface area contributed by atoms with Crippen LogP contribution in [0.25, 0.3) is 11.1 Å². The Bertz CT molecular complexity index is 580. The highest BCUT2D eigenvalue weighted by molar-refractivity contribution is 5.77. The fraction of sp³-hybridized carbons (Fsp3) is 0.312. The van der Waals surface area contributed by atoms with Crippen molar-refractivity contribution in [2.75, 3.05) is 0 Å². The summed E-state index contributed by atoms with van der Waals surface area (Å²) in [6.45, 7) is 0. The van der Waals surface area contributed by atoms with Crippen LogP contribution < -0.4 is 0 Å². The topological polar surface area (TPSA) is 42.2 Å². The number of carbonyl (C=O) groups is 1. The highest BCUT2D eigenvalue weighted by atomic mass is 16.4. The summed E-state index contributed by atoms with van der Waals surface area (Å²) < 4.78 is 1.89. The number of benzene rings is 1. The lowest BCUT2D eigenvalue weighted by Gasteiger charge is -2.26. The van der Waals surface area contributed by atoms with E-state index in [9.17, 15) is 9.90 Å². The maximum Gasteiger partial charge on any atom is 0.329 e. The van der Waals surface area contributed by atoms with Gasteiger partial charge in [0, 0.05) is 12.4 Å². The number of carboxylic acids is 1. The molecule has 1 aliphatic carbocycles. The van der Waals surface area contributed by atoms with Gasteiger partial charge in [-0.15, -0.1) is 0 Å². The molecule has 2 aromatic rings. The van der Waals surface area contributed by atoms with E-state index < -0.39 is 11.5 Å². The molecule has 1 aromatic heterocycles. The predicted molar refractivity (Wildman–Crippen MR) is 73.9 cm³/mol. The molecule has 0 atom stereocenters. The normalized spacial score (nSPS) is 17.5. The number of carboxylic acid groups (broad SMARTS) is 1. The van der Waals surface area contributed by atoms with Crippen LogP contribution in [-0.2, 0) is 10.3 Å². The van der Waals surface area contributed by atoms with Crippen LogP contribution in [0.3, 0.4) is 0 Å². The van der Waals surface area contributed by atoms with Gasteiger partial charge in [-0.2, -0.15) is 0 Å². The zero-order valence-electron chi connectivity index (χ0n) is 10.7. The SMILES string of the molecule is O=C(O)C1(n2ccc(-c3ccccc3)c2)CCCC1. The van der Waals surface area contributed by atoms with Gasteiger partial charge < -0.3 is 9.67 Å². The second-order valence-corrected chi connectivity index (χ2v) is 5.22. The minimum atomic E-state index is -0.729. The fourth-order valence-corrected chi connectivity index (χ4v) is 3.01. The summed E-state index contributed by atoms with van der Waals surface area (Å²) in [5.41, 5.74) is 1.47. The van der Waals surface area contributed by atoms with Gasteiger partial charge in [-0.3, -0.25) is 0 Å². The van der Waals surface area contributed by atoms with E-state index in [1.807, 2.05) is 53.4 Å². The van der Waals surface area contributed by atoms with Gasteiger partial charge in [0.05, 0.1) is 0 Å². The molecule has 3 nitrogen and oxygen atoms in total. The molecule has 0 unspecified atom stereocenters. The summed E-state index contributed by atoms with van der Waals surface area (Å²) >= 11 is 0. The van der Waals surface area contributed by atoms with Gasteiger partial charge in [0.15, 0.2) is 0 Å². The molecule has 1 fully saturated rings. The van der Waals surface area contributed by atoms with E-state index in [4.69, 9.17) is 0 Å². The fourth-order valence-electron chi connectivity index (χ4n) is 3.01. The van der Waals surface area contributed by atoms with E-state index >= 15 is 0 Å². The van der Waals surface area contributed by atoms with Gasteiger partial charge >= 0.3 is 5.97 Å². The molecule has 0 aliphatic heterocycles. The smallest absolute Gasteiger partial charge is 0.329 e. The number of nitrogens with zero attached hydrogens (tertiary/aromatic N) is 1. The van der Waals surface area contributed by atoms with Crippen molar-refractivity contribution in [3.8, 4) is 11.1 Å². The number of hydrogen-bond donors (Lipinski definition) is 1. The summed E-state index contributed by atoms with van der Waals surface area (Å²) in [5.74, 6) is -0.708. The van der Waals surface area contributed by atoms with Gasteiger partial charge in [0.25, 0.3) is 0 Å². The van der Waals surface area contributed by atoms with Gasteiger partial charge in [0.2, 0.25) is 0 Å². The second kappa shape index (κ2) is 4.57. The highest BCUT2D eigenvalue weighted by Gasteiger charge is 2.42. The molecule has 0 bridgehead atoms. The standard InChI is InChI=1S/C16H17NO2/c18-15(19)16(9-4-5-10-16)17-11-8-14(12-17)13-6-2-1-3-7-13/h1-3,6-8,11-12H,4-5,9-10H2,(H,18,19). The second-order valence-electron chi connectivity index (χ2n) is 5.22. The molecule has 0 saturated heterocycles. The first kappa shape index (κ1) is 12.0. The van der Waals surface area contributed by atoms with Crippen LogP contribution in [0, 0.1) is 0 Å². The van der Waals surface area contributed by atoms with Crippen molar-refractivity contribution < 1.29 is 9.90 Å². The van der Waals surface area contributed by atoms with E-state index in [2.05, 4.69) is 0 Å². The third kappa shape index (κ3) is 1.95. The summed E-state index contributed by atoms with van der Waals surface area (Å²) in [5, 5.41) is 9.58. The Morgan fingerprint density at radius 1 is 1.05 bits per heavy atom. The molecule has 1 aliphatic rings. The van der Waals surface area contributed by atoms with Crippen molar-refractivity contribution in [2.45, 2.75) is 31.2 Å². The van der Waals surface area contributed by atoms with Crippen molar-refractivity contribution in [1.29, 1.82) is 0 Å². The molecule has 1 heterocycles. The first-order valence-electron chi connectivity index (χ1n) is 6.70. The van der Waals surface area contributed by atoms with Crippen LogP contribution in [0.2, 0.25) is 0 Å². The highest BCUT2D eigenvalue weighted by Crippen LogP contribution is 2.38. The average Bonchev–Trinajstić information content (AvgIpc) is 3.09. The molecule has 19 heavy (non-hydrogen) atoms. The van der Waals surface area contributed by atoms with Crippen LogP contribution >= 0.6 is 0 Å². The van der Waals surface area contributed by atoms with E-state index in [0.717, 1.165) is 36.8 Å². The van der Waals surface area contributed by atoms with Crippen molar-refractivity contribution in [2.24, 2.45) is 0 Å². The maximum absolute atomic E-state index is 11.6. The van der Waals surface area contributed by atoms with Crippen molar-refractivity contribution >= 4 is 5.97 Å². The van der Waals surface area contributed by atoms with E-state index in [-0.39, 0.29) is 0 Å². The third-order valence-electron chi connectivity index (χ3n) is 4.12. The Morgan fingerprint density at radius 2 is 1.74 bits per heavy atom. The molecule has 1 N–H and O–H groups in total. The number of hydrogen-bond acceptors (Lipinski definition) is 1. The lowest BCUT2D eigenvalue weighted by Crippen LogP contribution is -2.38. The first-order valence-corrected chi connectivity index (χ1v) is 6.70. The number of rotatable bonds is 3. The predicted octanol–water partition coefficient (Wildman–Crippen LogP) is 3.51. The van der Waals surface area contributed by atoms with Crippen LogP contribution in [-0.4, -0.2) is 15.6 Å². The molecule has 0 amide bonds. The molecule has 3 rings (SSSR count). The van der Waals surface area contributed by atoms with Crippen LogP contribution in [0.1, 0.15) is 25.7 Å². The van der Waals surface area contributed by atoms with Gasteiger partial charge in [-0.05, 0) is 30.0 Å². The number of aromatic nitrogens is 1. The lowest BCUT2D eigenvalue weighted by atomic mass is 9.97. The number of aliphatic carboxylic acids is 1. The van der Waals surface area contributed by atoms with Gasteiger partial charge in [-0.25, -0.2) is 4.79 Å².